The van der Waals surface area contributed by atoms with E-state index in [0.717, 1.165) is 33.4 Å². The summed E-state index contributed by atoms with van der Waals surface area (Å²) in [6, 6.07) is 58.6. The van der Waals surface area contributed by atoms with Crippen LogP contribution in [0.2, 0.25) is 0 Å². The zero-order valence-electron chi connectivity index (χ0n) is 38.2. The molecule has 2 saturated heterocycles. The van der Waals surface area contributed by atoms with Gasteiger partial charge in [0, 0.05) is 6.92 Å². The third-order valence-corrected chi connectivity index (χ3v) is 11.7. The van der Waals surface area contributed by atoms with Crippen LogP contribution in [-0.2, 0) is 91.8 Å². The minimum atomic E-state index is -1.58. The monoisotopic (exact) mass is 924 g/mol. The Hall–Kier alpha value is -5.61. The molecule has 0 unspecified atom stereocenters. The van der Waals surface area contributed by atoms with E-state index in [0.29, 0.717) is 13.2 Å². The van der Waals surface area contributed by atoms with Crippen molar-refractivity contribution >= 4 is 5.97 Å². The first kappa shape index (κ1) is 48.8. The lowest BCUT2D eigenvalue weighted by Gasteiger charge is -2.49. The fraction of sp³-hybridized carbons (Fsp3) is 0.339. The van der Waals surface area contributed by atoms with Crippen LogP contribution >= 0.6 is 0 Å². The maximum absolute atomic E-state index is 13.2. The number of esters is 1. The number of carbonyl (C=O) groups is 1. The van der Waals surface area contributed by atoms with Crippen LogP contribution in [0.15, 0.2) is 182 Å². The van der Waals surface area contributed by atoms with Gasteiger partial charge in [-0.25, -0.2) is 0 Å². The van der Waals surface area contributed by atoms with Gasteiger partial charge >= 0.3 is 5.97 Å². The summed E-state index contributed by atoms with van der Waals surface area (Å²) < 4.78 is 66.0. The van der Waals surface area contributed by atoms with Crippen LogP contribution in [0.1, 0.15) is 40.3 Å². The largest absolute Gasteiger partial charge is 0.454 e. The summed E-state index contributed by atoms with van der Waals surface area (Å²) in [4.78, 5) is 13.2. The molecule has 0 spiro atoms. The summed E-state index contributed by atoms with van der Waals surface area (Å²) >= 11 is 0. The second-order valence-electron chi connectivity index (χ2n) is 16.8. The first-order valence-electron chi connectivity index (χ1n) is 23.1. The van der Waals surface area contributed by atoms with E-state index in [4.69, 9.17) is 47.4 Å². The third-order valence-electron chi connectivity index (χ3n) is 11.7. The highest BCUT2D eigenvalue weighted by Gasteiger charge is 2.55. The Kier molecular flexibility index (Phi) is 18.4. The van der Waals surface area contributed by atoms with Crippen LogP contribution in [0.4, 0.5) is 0 Å². The summed E-state index contributed by atoms with van der Waals surface area (Å²) in [6.07, 6.45) is -10.6. The van der Waals surface area contributed by atoms with Crippen molar-refractivity contribution < 1.29 is 57.3 Å². The lowest BCUT2D eigenvalue weighted by molar-refractivity contribution is -0.375. The molecule has 68 heavy (non-hydrogen) atoms. The zero-order valence-corrected chi connectivity index (χ0v) is 38.2. The number of aliphatic hydroxyl groups is 1. The molecule has 2 aliphatic rings. The fourth-order valence-corrected chi connectivity index (χ4v) is 8.35. The van der Waals surface area contributed by atoms with Crippen LogP contribution in [-0.4, -0.2) is 85.7 Å². The number of ether oxygens (including phenoxy) is 10. The number of aliphatic hydroxyl groups excluding tert-OH is 1. The lowest BCUT2D eigenvalue weighted by atomic mass is 9.96. The van der Waals surface area contributed by atoms with Gasteiger partial charge in [-0.1, -0.05) is 182 Å². The molecule has 2 fully saturated rings. The molecule has 6 aromatic rings. The van der Waals surface area contributed by atoms with Crippen LogP contribution in [0.25, 0.3) is 0 Å². The van der Waals surface area contributed by atoms with Gasteiger partial charge in [0.2, 0.25) is 0 Å². The van der Waals surface area contributed by atoms with Crippen LogP contribution in [0, 0.1) is 0 Å². The highest BCUT2D eigenvalue weighted by atomic mass is 16.8. The van der Waals surface area contributed by atoms with Crippen molar-refractivity contribution in [2.75, 3.05) is 13.2 Å². The standard InChI is InChI=1S/C56H60O12/c1-40(57)65-54-52(64-37-46-30-18-7-19-31-46)50(62-35-44-26-14-5-15-27-44)48(39-60-33-42-22-10-3-11-23-42)67-56(54)68-53-51(63-36-45-28-16-6-17-29-45)49(61-34-43-24-12-4-13-25-43)47(66-55(53)58)38-59-32-41-20-8-2-9-21-41/h2-31,47-56,58H,32-39H2,1H3/t47-,48-,49-,50-,51+,52+,53+,54-,55-,56+/m1/s1. The quantitative estimate of drug-likeness (QED) is 0.0619. The summed E-state index contributed by atoms with van der Waals surface area (Å²) in [5.41, 5.74) is 5.57. The fourth-order valence-electron chi connectivity index (χ4n) is 8.35. The number of hydrogen-bond donors (Lipinski definition) is 1. The molecule has 6 aromatic carbocycles. The first-order chi connectivity index (χ1) is 33.5. The van der Waals surface area contributed by atoms with Crippen LogP contribution in [0.3, 0.4) is 0 Å². The van der Waals surface area contributed by atoms with Crippen molar-refractivity contribution in [3.63, 3.8) is 0 Å². The van der Waals surface area contributed by atoms with E-state index in [1.165, 1.54) is 6.92 Å². The molecule has 356 valence electrons. The van der Waals surface area contributed by atoms with Crippen molar-refractivity contribution in [3.05, 3.63) is 215 Å². The molecule has 12 nitrogen and oxygen atoms in total. The average molecular weight is 925 g/mol. The molecule has 0 saturated carbocycles. The Morgan fingerprint density at radius 1 is 0.412 bits per heavy atom. The molecule has 12 heteroatoms. The van der Waals surface area contributed by atoms with Crippen LogP contribution in [0.5, 0.6) is 0 Å². The summed E-state index contributed by atoms with van der Waals surface area (Å²) in [6.45, 7) is 2.73. The van der Waals surface area contributed by atoms with Crippen molar-refractivity contribution in [3.8, 4) is 0 Å². The zero-order chi connectivity index (χ0) is 46.8. The molecule has 0 bridgehead atoms. The molecule has 0 aliphatic carbocycles. The molecular formula is C56H60O12. The molecule has 2 aliphatic heterocycles. The van der Waals surface area contributed by atoms with Gasteiger partial charge in [-0.3, -0.25) is 4.79 Å². The average Bonchev–Trinajstić information content (AvgIpc) is 3.37. The summed E-state index contributed by atoms with van der Waals surface area (Å²) in [5.74, 6) is -0.599. The molecule has 8 rings (SSSR count). The van der Waals surface area contributed by atoms with Gasteiger partial charge in [0.25, 0.3) is 0 Å². The topological polar surface area (TPSA) is 130 Å². The van der Waals surface area contributed by atoms with Crippen molar-refractivity contribution in [2.45, 2.75) is 108 Å². The van der Waals surface area contributed by atoms with Gasteiger partial charge in [-0.2, -0.15) is 0 Å². The molecular weight excluding hydrogens is 865 g/mol. The Labute approximate surface area is 398 Å². The van der Waals surface area contributed by atoms with E-state index < -0.39 is 67.4 Å². The van der Waals surface area contributed by atoms with Gasteiger partial charge in [0.05, 0.1) is 52.9 Å². The minimum Gasteiger partial charge on any atom is -0.454 e. The molecule has 0 amide bonds. The number of hydrogen-bond acceptors (Lipinski definition) is 12. The highest BCUT2D eigenvalue weighted by Crippen LogP contribution is 2.36. The first-order valence-corrected chi connectivity index (χ1v) is 23.1. The Balaban J connectivity index is 1.13. The number of carbonyl (C=O) groups excluding carboxylic acids is 1. The van der Waals surface area contributed by atoms with E-state index in [9.17, 15) is 9.90 Å². The normalized spacial score (nSPS) is 24.9. The maximum atomic E-state index is 13.2. The summed E-state index contributed by atoms with van der Waals surface area (Å²) in [7, 11) is 0. The molecule has 1 N–H and O–H groups in total. The minimum absolute atomic E-state index is 0.0491. The van der Waals surface area contributed by atoms with E-state index in [2.05, 4.69) is 0 Å². The van der Waals surface area contributed by atoms with E-state index >= 15 is 0 Å². The molecule has 10 atom stereocenters. The maximum Gasteiger partial charge on any atom is 0.303 e. The van der Waals surface area contributed by atoms with Crippen LogP contribution < -0.4 is 0 Å². The SMILES string of the molecule is CC(=O)O[C@H]1[C@H](O[C@H]2[C@@H](OCc3ccccc3)[C@H](OCc3ccccc3)[C@@H](COCc3ccccc3)O[C@H]2O)O[C@H](COCc2ccccc2)[C@@H](OCc2ccccc2)[C@@H]1OCc1ccccc1. The third kappa shape index (κ3) is 14.2. The van der Waals surface area contributed by atoms with E-state index in [1.807, 2.05) is 182 Å². The predicted octanol–water partition coefficient (Wildman–Crippen LogP) is 8.52. The summed E-state index contributed by atoms with van der Waals surface area (Å²) in [5, 5.41) is 12.2. The van der Waals surface area contributed by atoms with Gasteiger partial charge in [0.1, 0.15) is 42.7 Å². The van der Waals surface area contributed by atoms with E-state index in [-0.39, 0.29) is 39.6 Å². The Morgan fingerprint density at radius 2 is 0.721 bits per heavy atom. The second-order valence-corrected chi connectivity index (χ2v) is 16.8. The Bertz CT molecular complexity index is 2330. The lowest BCUT2D eigenvalue weighted by Crippen LogP contribution is -2.66. The molecule has 0 aromatic heterocycles. The predicted molar refractivity (Wildman–Crippen MR) is 252 cm³/mol. The van der Waals surface area contributed by atoms with Crippen molar-refractivity contribution in [1.29, 1.82) is 0 Å². The number of benzene rings is 6. The molecule has 0 radical (unpaired) electrons. The van der Waals surface area contributed by atoms with Crippen molar-refractivity contribution in [2.24, 2.45) is 0 Å². The van der Waals surface area contributed by atoms with Crippen molar-refractivity contribution in [1.82, 2.24) is 0 Å². The van der Waals surface area contributed by atoms with E-state index in [1.54, 1.807) is 0 Å². The van der Waals surface area contributed by atoms with Gasteiger partial charge in [0.15, 0.2) is 18.7 Å². The van der Waals surface area contributed by atoms with Gasteiger partial charge in [-0.15, -0.1) is 0 Å². The second kappa shape index (κ2) is 25.7. The number of rotatable bonds is 23. The molecule has 2 heterocycles. The Morgan fingerprint density at radius 3 is 1.07 bits per heavy atom. The smallest absolute Gasteiger partial charge is 0.303 e. The van der Waals surface area contributed by atoms with Gasteiger partial charge < -0.3 is 52.5 Å². The van der Waals surface area contributed by atoms with Gasteiger partial charge in [-0.05, 0) is 33.4 Å². The highest BCUT2D eigenvalue weighted by molar-refractivity contribution is 5.66.